The van der Waals surface area contributed by atoms with E-state index in [1.54, 1.807) is 0 Å². The van der Waals surface area contributed by atoms with Gasteiger partial charge < -0.3 is 5.32 Å². The van der Waals surface area contributed by atoms with Crippen molar-refractivity contribution in [3.05, 3.63) is 35.4 Å². The van der Waals surface area contributed by atoms with Crippen LogP contribution in [0.4, 0.5) is 17.6 Å². The Bertz CT molecular complexity index is 681. The van der Waals surface area contributed by atoms with E-state index in [2.05, 4.69) is 10.3 Å². The third kappa shape index (κ3) is 3.43. The Labute approximate surface area is 141 Å². The number of amidine groups is 1. The van der Waals surface area contributed by atoms with Crippen LogP contribution in [0.2, 0.25) is 0 Å². The van der Waals surface area contributed by atoms with Crippen LogP contribution in [0.15, 0.2) is 29.3 Å². The molecule has 8 heteroatoms. The lowest BCUT2D eigenvalue weighted by atomic mass is 9.93. The SMILES string of the molecule is C[C@H](NC1=NC(=O)C(C)(C(C)(C)F)S1)c1ccccc1C(F)(F)F. The van der Waals surface area contributed by atoms with Crippen molar-refractivity contribution in [2.24, 2.45) is 4.99 Å². The Balaban J connectivity index is 2.23. The molecule has 0 saturated carbocycles. The Morgan fingerprint density at radius 3 is 2.29 bits per heavy atom. The van der Waals surface area contributed by atoms with E-state index in [4.69, 9.17) is 0 Å². The molecule has 0 fully saturated rings. The highest BCUT2D eigenvalue weighted by molar-refractivity contribution is 8.16. The van der Waals surface area contributed by atoms with Crippen LogP contribution in [0, 0.1) is 0 Å². The Hall–Kier alpha value is -1.57. The van der Waals surface area contributed by atoms with E-state index in [-0.39, 0.29) is 10.7 Å². The summed E-state index contributed by atoms with van der Waals surface area (Å²) in [6.07, 6.45) is -4.48. The minimum absolute atomic E-state index is 0.0360. The van der Waals surface area contributed by atoms with E-state index in [0.29, 0.717) is 0 Å². The smallest absolute Gasteiger partial charge is 0.358 e. The topological polar surface area (TPSA) is 41.5 Å². The first kappa shape index (κ1) is 18.8. The van der Waals surface area contributed by atoms with Crippen LogP contribution in [0.3, 0.4) is 0 Å². The fourth-order valence-corrected chi connectivity index (χ4v) is 3.42. The summed E-state index contributed by atoms with van der Waals surface area (Å²) in [4.78, 5) is 15.8. The Morgan fingerprint density at radius 2 is 1.79 bits per heavy atom. The quantitative estimate of drug-likeness (QED) is 0.806. The fourth-order valence-electron chi connectivity index (χ4n) is 2.29. The van der Waals surface area contributed by atoms with Crippen molar-refractivity contribution in [3.8, 4) is 0 Å². The molecule has 1 N–H and O–H groups in total. The molecule has 3 nitrogen and oxygen atoms in total. The van der Waals surface area contributed by atoms with Crippen molar-refractivity contribution in [1.82, 2.24) is 5.32 Å². The standard InChI is InChI=1S/C16H18F4N2OS/c1-9(10-7-5-6-8-11(10)16(18,19)20)21-13-22-12(23)15(4,24-13)14(2,3)17/h5-9H,1-4H3,(H,21,22,23)/t9-,15?/m0/s1. The van der Waals surface area contributed by atoms with Gasteiger partial charge in [0.15, 0.2) is 5.17 Å². The van der Waals surface area contributed by atoms with Gasteiger partial charge in [0.25, 0.3) is 5.91 Å². The zero-order valence-electron chi connectivity index (χ0n) is 13.7. The van der Waals surface area contributed by atoms with Crippen LogP contribution in [-0.2, 0) is 11.0 Å². The number of hydrogen-bond acceptors (Lipinski definition) is 3. The Morgan fingerprint density at radius 1 is 1.21 bits per heavy atom. The van der Waals surface area contributed by atoms with Gasteiger partial charge in [-0.2, -0.15) is 18.2 Å². The highest BCUT2D eigenvalue weighted by atomic mass is 32.2. The molecular formula is C16H18F4N2OS. The monoisotopic (exact) mass is 362 g/mol. The van der Waals surface area contributed by atoms with Gasteiger partial charge in [-0.3, -0.25) is 4.79 Å². The normalized spacial score (nSPS) is 23.2. The van der Waals surface area contributed by atoms with E-state index in [9.17, 15) is 22.4 Å². The number of carbonyl (C=O) groups excluding carboxylic acids is 1. The molecule has 1 unspecified atom stereocenters. The number of carbonyl (C=O) groups is 1. The molecule has 1 heterocycles. The van der Waals surface area contributed by atoms with Gasteiger partial charge in [-0.1, -0.05) is 30.0 Å². The number of aliphatic imine (C=N–C) groups is 1. The summed E-state index contributed by atoms with van der Waals surface area (Å²) in [5.74, 6) is -0.640. The molecule has 0 radical (unpaired) electrons. The number of hydrogen-bond donors (Lipinski definition) is 1. The summed E-state index contributed by atoms with van der Waals surface area (Å²) in [5.41, 5.74) is -2.54. The molecule has 0 aliphatic carbocycles. The van der Waals surface area contributed by atoms with Gasteiger partial charge in [0.05, 0.1) is 11.6 Å². The predicted molar refractivity (Wildman–Crippen MR) is 86.6 cm³/mol. The molecular weight excluding hydrogens is 344 g/mol. The van der Waals surface area contributed by atoms with E-state index >= 15 is 0 Å². The number of amides is 1. The average Bonchev–Trinajstić information content (AvgIpc) is 2.73. The molecule has 0 spiro atoms. The maximum Gasteiger partial charge on any atom is 0.416 e. The van der Waals surface area contributed by atoms with E-state index in [1.807, 2.05) is 0 Å². The minimum atomic E-state index is -4.48. The molecule has 1 amide bonds. The third-order valence-corrected chi connectivity index (χ3v) is 5.59. The fraction of sp³-hybridized carbons (Fsp3) is 0.500. The van der Waals surface area contributed by atoms with Gasteiger partial charge >= 0.3 is 6.18 Å². The number of rotatable bonds is 3. The maximum absolute atomic E-state index is 14.3. The maximum atomic E-state index is 14.3. The van der Waals surface area contributed by atoms with Crippen molar-refractivity contribution in [3.63, 3.8) is 0 Å². The van der Waals surface area contributed by atoms with Gasteiger partial charge in [-0.25, -0.2) is 4.39 Å². The second-order valence-electron chi connectivity index (χ2n) is 6.28. The first-order chi connectivity index (χ1) is 10.9. The first-order valence-corrected chi connectivity index (χ1v) is 8.11. The van der Waals surface area contributed by atoms with Gasteiger partial charge in [0, 0.05) is 0 Å². The first-order valence-electron chi connectivity index (χ1n) is 7.30. The summed E-state index contributed by atoms with van der Waals surface area (Å²) < 4.78 is 52.2. The van der Waals surface area contributed by atoms with Gasteiger partial charge in [0.1, 0.15) is 10.4 Å². The molecule has 2 rings (SSSR count). The lowest BCUT2D eigenvalue weighted by Crippen LogP contribution is -2.46. The zero-order valence-corrected chi connectivity index (χ0v) is 14.5. The second kappa shape index (κ2) is 6.06. The largest absolute Gasteiger partial charge is 0.416 e. The summed E-state index contributed by atoms with van der Waals surface area (Å²) >= 11 is 0.897. The molecule has 1 aliphatic rings. The molecule has 1 aromatic rings. The van der Waals surface area contributed by atoms with Crippen LogP contribution in [-0.4, -0.2) is 21.5 Å². The van der Waals surface area contributed by atoms with Crippen LogP contribution in [0.5, 0.6) is 0 Å². The number of nitrogens with zero attached hydrogens (tertiary/aromatic N) is 1. The van der Waals surface area contributed by atoms with E-state index in [1.165, 1.54) is 45.9 Å². The number of alkyl halides is 4. The number of thioether (sulfide) groups is 1. The molecule has 2 atom stereocenters. The zero-order chi connectivity index (χ0) is 18.3. The van der Waals surface area contributed by atoms with Crippen molar-refractivity contribution in [2.45, 2.75) is 50.3 Å². The van der Waals surface area contributed by atoms with Crippen LogP contribution in [0.25, 0.3) is 0 Å². The van der Waals surface area contributed by atoms with Gasteiger partial charge in [0.2, 0.25) is 0 Å². The highest BCUT2D eigenvalue weighted by Crippen LogP contribution is 2.44. The average molecular weight is 362 g/mol. The summed E-state index contributed by atoms with van der Waals surface area (Å²) in [7, 11) is 0. The van der Waals surface area contributed by atoms with Crippen molar-refractivity contribution in [2.75, 3.05) is 0 Å². The summed E-state index contributed by atoms with van der Waals surface area (Å²) in [6.45, 7) is 5.53. The second-order valence-corrected chi connectivity index (χ2v) is 7.69. The summed E-state index contributed by atoms with van der Waals surface area (Å²) in [6, 6.07) is 4.43. The van der Waals surface area contributed by atoms with Gasteiger partial charge in [-0.05, 0) is 39.3 Å². The Kier molecular flexibility index (Phi) is 4.74. The van der Waals surface area contributed by atoms with Gasteiger partial charge in [-0.15, -0.1) is 0 Å². The van der Waals surface area contributed by atoms with Crippen LogP contribution in [0.1, 0.15) is 44.9 Å². The van der Waals surface area contributed by atoms with E-state index < -0.39 is 34.1 Å². The molecule has 1 aromatic carbocycles. The molecule has 0 aromatic heterocycles. The summed E-state index contributed by atoms with van der Waals surface area (Å²) in [5, 5.41) is 2.91. The molecule has 0 saturated heterocycles. The van der Waals surface area contributed by atoms with Crippen molar-refractivity contribution < 1.29 is 22.4 Å². The van der Waals surface area contributed by atoms with Crippen LogP contribution >= 0.6 is 11.8 Å². The predicted octanol–water partition coefficient (Wildman–Crippen LogP) is 4.49. The molecule has 24 heavy (non-hydrogen) atoms. The molecule has 132 valence electrons. The minimum Gasteiger partial charge on any atom is -0.358 e. The van der Waals surface area contributed by atoms with Crippen LogP contribution < -0.4 is 5.32 Å². The lowest BCUT2D eigenvalue weighted by Gasteiger charge is -2.31. The third-order valence-electron chi connectivity index (χ3n) is 4.12. The lowest BCUT2D eigenvalue weighted by molar-refractivity contribution is -0.138. The molecule has 0 bridgehead atoms. The number of benzene rings is 1. The van der Waals surface area contributed by atoms with E-state index in [0.717, 1.165) is 17.8 Å². The highest BCUT2D eigenvalue weighted by Gasteiger charge is 2.53. The molecule has 1 aliphatic heterocycles. The number of nitrogens with one attached hydrogen (secondary N) is 1. The number of halogens is 4. The van der Waals surface area contributed by atoms with Crippen molar-refractivity contribution in [1.29, 1.82) is 0 Å². The van der Waals surface area contributed by atoms with Crippen molar-refractivity contribution >= 4 is 22.8 Å².